The van der Waals surface area contributed by atoms with Gasteiger partial charge in [-0.2, -0.15) is 0 Å². The van der Waals surface area contributed by atoms with E-state index >= 15 is 0 Å². The van der Waals surface area contributed by atoms with E-state index in [1.54, 1.807) is 0 Å². The first kappa shape index (κ1) is 11.6. The second-order valence-electron chi connectivity index (χ2n) is 4.56. The van der Waals surface area contributed by atoms with E-state index < -0.39 is 0 Å². The first-order valence-corrected chi connectivity index (χ1v) is 6.21. The van der Waals surface area contributed by atoms with Crippen LogP contribution in [0.4, 0.5) is 0 Å². The lowest BCUT2D eigenvalue weighted by Crippen LogP contribution is -2.26. The van der Waals surface area contributed by atoms with Gasteiger partial charge in [-0.3, -0.25) is 9.88 Å². The summed E-state index contributed by atoms with van der Waals surface area (Å²) < 4.78 is 0. The zero-order valence-corrected chi connectivity index (χ0v) is 10.0. The second kappa shape index (κ2) is 5.41. The van der Waals surface area contributed by atoms with Gasteiger partial charge >= 0.3 is 0 Å². The van der Waals surface area contributed by atoms with Crippen molar-refractivity contribution in [1.29, 1.82) is 0 Å². The van der Waals surface area contributed by atoms with Crippen LogP contribution in [0.3, 0.4) is 0 Å². The number of nitrogens with zero attached hydrogens (tertiary/aromatic N) is 2. The van der Waals surface area contributed by atoms with Gasteiger partial charge in [-0.1, -0.05) is 6.92 Å². The third-order valence-corrected chi connectivity index (χ3v) is 3.05. The van der Waals surface area contributed by atoms with Gasteiger partial charge in [0.15, 0.2) is 0 Å². The van der Waals surface area contributed by atoms with E-state index in [4.69, 9.17) is 5.73 Å². The number of hydrogen-bond donors (Lipinski definition) is 1. The highest BCUT2D eigenvalue weighted by molar-refractivity contribution is 5.16. The molecule has 0 unspecified atom stereocenters. The van der Waals surface area contributed by atoms with Crippen molar-refractivity contribution < 1.29 is 0 Å². The number of nitrogens with two attached hydrogens (primary N) is 1. The van der Waals surface area contributed by atoms with Gasteiger partial charge in [-0.15, -0.1) is 0 Å². The summed E-state index contributed by atoms with van der Waals surface area (Å²) in [4.78, 5) is 6.81. The molecule has 0 atom stereocenters. The maximum atomic E-state index is 5.60. The topological polar surface area (TPSA) is 42.2 Å². The molecular weight excluding hydrogens is 198 g/mol. The Morgan fingerprint density at radius 1 is 1.50 bits per heavy atom. The third kappa shape index (κ3) is 3.03. The molecule has 1 aliphatic carbocycles. The minimum atomic E-state index is 0.533. The van der Waals surface area contributed by atoms with Crippen LogP contribution in [0.15, 0.2) is 18.3 Å². The number of pyridine rings is 1. The van der Waals surface area contributed by atoms with Gasteiger partial charge in [0.25, 0.3) is 0 Å². The van der Waals surface area contributed by atoms with Crippen LogP contribution in [-0.2, 0) is 13.1 Å². The summed E-state index contributed by atoms with van der Waals surface area (Å²) in [5.74, 6) is 0. The molecule has 1 saturated carbocycles. The van der Waals surface area contributed by atoms with E-state index in [1.807, 2.05) is 6.20 Å². The monoisotopic (exact) mass is 219 g/mol. The number of aromatic nitrogens is 1. The zero-order valence-electron chi connectivity index (χ0n) is 10.0. The van der Waals surface area contributed by atoms with E-state index in [1.165, 1.54) is 31.4 Å². The molecule has 16 heavy (non-hydrogen) atoms. The molecule has 1 aromatic rings. The Morgan fingerprint density at radius 3 is 2.94 bits per heavy atom. The Balaban J connectivity index is 1.99. The Labute approximate surface area is 97.7 Å². The summed E-state index contributed by atoms with van der Waals surface area (Å²) in [5.41, 5.74) is 7.94. The van der Waals surface area contributed by atoms with Crippen molar-refractivity contribution in [3.05, 3.63) is 29.6 Å². The fraction of sp³-hybridized carbons (Fsp3) is 0.615. The highest BCUT2D eigenvalue weighted by Crippen LogP contribution is 2.28. The van der Waals surface area contributed by atoms with E-state index in [9.17, 15) is 0 Å². The Bertz CT molecular complexity index is 334. The summed E-state index contributed by atoms with van der Waals surface area (Å²) >= 11 is 0. The lowest BCUT2D eigenvalue weighted by atomic mass is 10.2. The molecule has 1 aliphatic rings. The highest BCUT2D eigenvalue weighted by atomic mass is 15.2. The molecule has 2 rings (SSSR count). The van der Waals surface area contributed by atoms with Gasteiger partial charge in [0.1, 0.15) is 0 Å². The van der Waals surface area contributed by atoms with E-state index in [2.05, 4.69) is 28.9 Å². The normalized spacial score (nSPS) is 15.7. The first-order valence-electron chi connectivity index (χ1n) is 6.21. The van der Waals surface area contributed by atoms with Crippen LogP contribution in [-0.4, -0.2) is 22.5 Å². The Hall–Kier alpha value is -0.930. The van der Waals surface area contributed by atoms with Crippen LogP contribution in [0.5, 0.6) is 0 Å². The minimum Gasteiger partial charge on any atom is -0.325 e. The molecule has 0 bridgehead atoms. The molecule has 2 N–H and O–H groups in total. The maximum Gasteiger partial charge on any atom is 0.0542 e. The van der Waals surface area contributed by atoms with Gasteiger partial charge in [0.2, 0.25) is 0 Å². The van der Waals surface area contributed by atoms with E-state index in [0.717, 1.165) is 18.3 Å². The Morgan fingerprint density at radius 2 is 2.31 bits per heavy atom. The van der Waals surface area contributed by atoms with Crippen molar-refractivity contribution in [1.82, 2.24) is 9.88 Å². The fourth-order valence-corrected chi connectivity index (χ4v) is 2.09. The number of rotatable bonds is 6. The molecule has 1 aromatic heterocycles. The van der Waals surface area contributed by atoms with Gasteiger partial charge in [0.05, 0.1) is 5.69 Å². The van der Waals surface area contributed by atoms with Crippen LogP contribution in [0.25, 0.3) is 0 Å². The van der Waals surface area contributed by atoms with Gasteiger partial charge in [0, 0.05) is 25.3 Å². The highest BCUT2D eigenvalue weighted by Gasteiger charge is 2.28. The molecule has 1 heterocycles. The maximum absolute atomic E-state index is 5.60. The molecule has 3 heteroatoms. The van der Waals surface area contributed by atoms with Crippen molar-refractivity contribution in [3.63, 3.8) is 0 Å². The van der Waals surface area contributed by atoms with Gasteiger partial charge in [-0.25, -0.2) is 0 Å². The first-order chi connectivity index (χ1) is 7.83. The quantitative estimate of drug-likeness (QED) is 0.794. The average Bonchev–Trinajstić information content (AvgIpc) is 3.13. The molecule has 88 valence electrons. The standard InChI is InChI=1S/C13H21N3/c1-2-7-16(13-3-4-13)10-11-5-6-15-12(8-11)9-14/h5-6,8,13H,2-4,7,9-10,14H2,1H3. The molecule has 0 amide bonds. The third-order valence-electron chi connectivity index (χ3n) is 3.05. The number of hydrogen-bond acceptors (Lipinski definition) is 3. The average molecular weight is 219 g/mol. The predicted molar refractivity (Wildman–Crippen MR) is 65.9 cm³/mol. The zero-order chi connectivity index (χ0) is 11.4. The van der Waals surface area contributed by atoms with Crippen LogP contribution in [0.2, 0.25) is 0 Å². The molecule has 3 nitrogen and oxygen atoms in total. The molecule has 0 radical (unpaired) electrons. The van der Waals surface area contributed by atoms with E-state index in [-0.39, 0.29) is 0 Å². The second-order valence-corrected chi connectivity index (χ2v) is 4.56. The molecule has 1 fully saturated rings. The van der Waals surface area contributed by atoms with Crippen molar-refractivity contribution in [2.24, 2.45) is 5.73 Å². The van der Waals surface area contributed by atoms with Gasteiger partial charge < -0.3 is 5.73 Å². The molecule has 0 spiro atoms. The summed E-state index contributed by atoms with van der Waals surface area (Å²) in [7, 11) is 0. The lowest BCUT2D eigenvalue weighted by molar-refractivity contribution is 0.255. The van der Waals surface area contributed by atoms with Crippen molar-refractivity contribution in [2.45, 2.75) is 45.3 Å². The van der Waals surface area contributed by atoms with E-state index in [0.29, 0.717) is 6.54 Å². The summed E-state index contributed by atoms with van der Waals surface area (Å²) in [6.45, 7) is 5.03. The molecule has 0 saturated heterocycles. The van der Waals surface area contributed by atoms with Crippen molar-refractivity contribution >= 4 is 0 Å². The summed E-state index contributed by atoms with van der Waals surface area (Å²) in [6.07, 6.45) is 5.84. The largest absolute Gasteiger partial charge is 0.325 e. The predicted octanol–water partition coefficient (Wildman–Crippen LogP) is 1.91. The Kier molecular flexibility index (Phi) is 3.91. The van der Waals surface area contributed by atoms with Crippen molar-refractivity contribution in [3.8, 4) is 0 Å². The van der Waals surface area contributed by atoms with Crippen molar-refractivity contribution in [2.75, 3.05) is 6.54 Å². The minimum absolute atomic E-state index is 0.533. The smallest absolute Gasteiger partial charge is 0.0542 e. The molecule has 0 aliphatic heterocycles. The van der Waals surface area contributed by atoms with Crippen LogP contribution >= 0.6 is 0 Å². The lowest BCUT2D eigenvalue weighted by Gasteiger charge is -2.21. The molecule has 0 aromatic carbocycles. The van der Waals surface area contributed by atoms with Crippen LogP contribution in [0, 0.1) is 0 Å². The van der Waals surface area contributed by atoms with Crippen LogP contribution in [0.1, 0.15) is 37.4 Å². The van der Waals surface area contributed by atoms with Gasteiger partial charge in [-0.05, 0) is 43.5 Å². The summed E-state index contributed by atoms with van der Waals surface area (Å²) in [5, 5.41) is 0. The fourth-order valence-electron chi connectivity index (χ4n) is 2.09. The van der Waals surface area contributed by atoms with Crippen LogP contribution < -0.4 is 5.73 Å². The molecular formula is C13H21N3. The summed E-state index contributed by atoms with van der Waals surface area (Å²) in [6, 6.07) is 5.06. The SMILES string of the molecule is CCCN(Cc1ccnc(CN)c1)C1CC1.